The minimum atomic E-state index is -2.12. The Hall–Kier alpha value is -2.75. The van der Waals surface area contributed by atoms with E-state index < -0.39 is 8.07 Å². The molecule has 5 aromatic rings. The van der Waals surface area contributed by atoms with Gasteiger partial charge in [0.25, 0.3) is 0 Å². The summed E-state index contributed by atoms with van der Waals surface area (Å²) in [5.41, 5.74) is 4.21. The highest BCUT2D eigenvalue weighted by atomic mass is 32.1. The van der Waals surface area contributed by atoms with E-state index in [-0.39, 0.29) is 16.2 Å². The van der Waals surface area contributed by atoms with Gasteiger partial charge in [0, 0.05) is 11.8 Å². The zero-order valence-electron chi connectivity index (χ0n) is 25.9. The lowest BCUT2D eigenvalue weighted by Crippen LogP contribution is -2.60. The molecule has 2 heterocycles. The van der Waals surface area contributed by atoms with E-state index in [2.05, 4.69) is 141 Å². The molecule has 0 aliphatic carbocycles. The SMILES string of the molecule is CC(C)(C)C[Si](CC(C)(C)C)(c1ccccc1)c1cc2ccnc(-c3cc(C(C)(C)C)c4ccccc4c3)c2s1. The molecule has 0 aliphatic heterocycles. The normalized spacial score (nSPS) is 13.3. The van der Waals surface area contributed by atoms with Gasteiger partial charge in [0.2, 0.25) is 0 Å². The van der Waals surface area contributed by atoms with Gasteiger partial charge in [-0.3, -0.25) is 4.98 Å². The topological polar surface area (TPSA) is 12.9 Å². The van der Waals surface area contributed by atoms with E-state index in [0.29, 0.717) is 0 Å². The molecule has 0 N–H and O–H groups in total. The van der Waals surface area contributed by atoms with E-state index in [1.165, 1.54) is 44.1 Å². The second-order valence-electron chi connectivity index (χ2n) is 15.1. The molecule has 3 heteroatoms. The number of thiophene rings is 1. The van der Waals surface area contributed by atoms with Crippen molar-refractivity contribution in [1.29, 1.82) is 0 Å². The van der Waals surface area contributed by atoms with Crippen molar-refractivity contribution in [3.05, 3.63) is 90.6 Å². The number of pyridine rings is 1. The first-order chi connectivity index (χ1) is 18.7. The Bertz CT molecular complexity index is 1630. The standard InChI is InChI=1S/C37H45NSSi/c1-35(2,3)24-40(25-36(4,5)6,29-16-11-10-12-17-29)32-23-27-19-20-38-33(34(27)39-32)28-21-26-15-13-14-18-30(26)31(22-28)37(7,8)9/h10-23H,24-25H2,1-9H3. The van der Waals surface area contributed by atoms with Gasteiger partial charge in [0.05, 0.1) is 10.4 Å². The molecule has 0 amide bonds. The molecular formula is C37H45NSSi. The largest absolute Gasteiger partial charge is 0.255 e. The molecule has 2 aromatic heterocycles. The van der Waals surface area contributed by atoms with Crippen LogP contribution in [0.15, 0.2) is 85.1 Å². The lowest BCUT2D eigenvalue weighted by Gasteiger charge is -2.41. The predicted octanol–water partition coefficient (Wildman–Crippen LogP) is 10.1. The maximum absolute atomic E-state index is 5.05. The third-order valence-electron chi connectivity index (χ3n) is 7.84. The van der Waals surface area contributed by atoms with Crippen LogP contribution in [0.4, 0.5) is 0 Å². The second-order valence-corrected chi connectivity index (χ2v) is 20.5. The van der Waals surface area contributed by atoms with Crippen LogP contribution >= 0.6 is 11.3 Å². The summed E-state index contributed by atoms with van der Waals surface area (Å²) in [5, 5.41) is 5.50. The first-order valence-corrected chi connectivity index (χ1v) is 17.9. The summed E-state index contributed by atoms with van der Waals surface area (Å²) in [4.78, 5) is 5.05. The molecular weight excluding hydrogens is 519 g/mol. The molecule has 40 heavy (non-hydrogen) atoms. The maximum Gasteiger partial charge on any atom is 0.131 e. The molecule has 0 atom stereocenters. The van der Waals surface area contributed by atoms with Gasteiger partial charge in [-0.15, -0.1) is 11.3 Å². The summed E-state index contributed by atoms with van der Waals surface area (Å²) >= 11 is 2.02. The Morgan fingerprint density at radius 2 is 1.30 bits per heavy atom. The van der Waals surface area contributed by atoms with E-state index in [0.717, 1.165) is 5.69 Å². The highest BCUT2D eigenvalue weighted by Gasteiger charge is 2.44. The van der Waals surface area contributed by atoms with Crippen molar-refractivity contribution in [2.45, 2.75) is 79.8 Å². The van der Waals surface area contributed by atoms with Gasteiger partial charge in [0.15, 0.2) is 0 Å². The number of nitrogens with zero attached hydrogens (tertiary/aromatic N) is 1. The lowest BCUT2D eigenvalue weighted by atomic mass is 9.82. The molecule has 5 rings (SSSR count). The van der Waals surface area contributed by atoms with Gasteiger partial charge in [-0.25, -0.2) is 0 Å². The Morgan fingerprint density at radius 1 is 0.675 bits per heavy atom. The monoisotopic (exact) mass is 563 g/mol. The van der Waals surface area contributed by atoms with Crippen LogP contribution in [0, 0.1) is 10.8 Å². The van der Waals surface area contributed by atoms with Crippen LogP contribution in [0.25, 0.3) is 32.1 Å². The summed E-state index contributed by atoms with van der Waals surface area (Å²) in [6.07, 6.45) is 2.01. The summed E-state index contributed by atoms with van der Waals surface area (Å²) in [5.74, 6) is 0. The smallest absolute Gasteiger partial charge is 0.131 e. The molecule has 0 saturated heterocycles. The molecule has 1 nitrogen and oxygen atoms in total. The fourth-order valence-electron chi connectivity index (χ4n) is 6.62. The zero-order valence-corrected chi connectivity index (χ0v) is 27.7. The Labute approximate surface area is 246 Å². The number of fused-ring (bicyclic) bond motifs is 2. The van der Waals surface area contributed by atoms with Gasteiger partial charge in [-0.05, 0) is 78.8 Å². The van der Waals surface area contributed by atoms with Gasteiger partial charge >= 0.3 is 0 Å². The highest BCUT2D eigenvalue weighted by molar-refractivity contribution is 7.34. The molecule has 0 aliphatic rings. The fraction of sp³-hybridized carbons (Fsp3) is 0.378. The average molecular weight is 564 g/mol. The Balaban J connectivity index is 1.78. The molecule has 0 fully saturated rings. The molecule has 0 bridgehead atoms. The summed E-state index contributed by atoms with van der Waals surface area (Å²) in [6.45, 7) is 21.5. The molecule has 208 valence electrons. The molecule has 0 radical (unpaired) electrons. The molecule has 0 saturated carbocycles. The third-order valence-corrected chi connectivity index (χ3v) is 16.1. The van der Waals surface area contributed by atoms with Crippen LogP contribution in [-0.2, 0) is 5.41 Å². The number of aromatic nitrogens is 1. The molecule has 0 spiro atoms. The van der Waals surface area contributed by atoms with Gasteiger partial charge < -0.3 is 0 Å². The second kappa shape index (κ2) is 10.3. The Morgan fingerprint density at radius 3 is 1.93 bits per heavy atom. The predicted molar refractivity (Wildman–Crippen MR) is 181 cm³/mol. The van der Waals surface area contributed by atoms with Gasteiger partial charge in [0.1, 0.15) is 8.07 Å². The van der Waals surface area contributed by atoms with Gasteiger partial charge in [-0.1, -0.05) is 122 Å². The van der Waals surface area contributed by atoms with Crippen molar-refractivity contribution >= 4 is 50.0 Å². The minimum absolute atomic E-state index is 0.0406. The highest BCUT2D eigenvalue weighted by Crippen LogP contribution is 2.41. The van der Waals surface area contributed by atoms with E-state index in [9.17, 15) is 0 Å². The number of rotatable bonds is 5. The summed E-state index contributed by atoms with van der Waals surface area (Å²) < 4.78 is 2.91. The van der Waals surface area contributed by atoms with E-state index >= 15 is 0 Å². The van der Waals surface area contributed by atoms with E-state index in [1.54, 1.807) is 9.69 Å². The number of hydrogen-bond acceptors (Lipinski definition) is 2. The van der Waals surface area contributed by atoms with Crippen LogP contribution in [0.2, 0.25) is 12.1 Å². The first kappa shape index (κ1) is 28.8. The molecule has 0 unspecified atom stereocenters. The van der Waals surface area contributed by atoms with Crippen molar-refractivity contribution in [3.8, 4) is 11.3 Å². The van der Waals surface area contributed by atoms with Crippen molar-refractivity contribution < 1.29 is 0 Å². The quantitative estimate of drug-likeness (QED) is 0.194. The maximum atomic E-state index is 5.05. The molecule has 3 aromatic carbocycles. The van der Waals surface area contributed by atoms with Crippen LogP contribution in [-0.4, -0.2) is 13.1 Å². The average Bonchev–Trinajstić information content (AvgIpc) is 3.31. The van der Waals surface area contributed by atoms with Crippen LogP contribution in [0.1, 0.15) is 67.9 Å². The number of benzene rings is 3. The van der Waals surface area contributed by atoms with Crippen LogP contribution in [0.5, 0.6) is 0 Å². The van der Waals surface area contributed by atoms with Crippen molar-refractivity contribution in [2.24, 2.45) is 10.8 Å². The summed E-state index contributed by atoms with van der Waals surface area (Å²) in [6, 6.07) is 32.2. The van der Waals surface area contributed by atoms with E-state index in [1.807, 2.05) is 17.5 Å². The van der Waals surface area contributed by atoms with Crippen molar-refractivity contribution in [1.82, 2.24) is 4.98 Å². The van der Waals surface area contributed by atoms with Crippen molar-refractivity contribution in [2.75, 3.05) is 0 Å². The number of hydrogen-bond donors (Lipinski definition) is 0. The lowest BCUT2D eigenvalue weighted by molar-refractivity contribution is 0.438. The Kier molecular flexibility index (Phi) is 7.38. The van der Waals surface area contributed by atoms with Crippen LogP contribution in [0.3, 0.4) is 0 Å². The first-order valence-electron chi connectivity index (χ1n) is 14.6. The third kappa shape index (κ3) is 5.82. The fourth-order valence-corrected chi connectivity index (χ4v) is 15.5. The van der Waals surface area contributed by atoms with Crippen molar-refractivity contribution in [3.63, 3.8) is 0 Å². The summed E-state index contributed by atoms with van der Waals surface area (Å²) in [7, 11) is -2.12. The van der Waals surface area contributed by atoms with Gasteiger partial charge in [-0.2, -0.15) is 0 Å². The van der Waals surface area contributed by atoms with E-state index in [4.69, 9.17) is 4.98 Å². The van der Waals surface area contributed by atoms with Crippen LogP contribution < -0.4 is 9.69 Å². The minimum Gasteiger partial charge on any atom is -0.255 e. The zero-order chi connectivity index (χ0) is 28.9.